The number of aromatic nitrogens is 2. The van der Waals surface area contributed by atoms with Crippen LogP contribution < -0.4 is 9.80 Å². The fraction of sp³-hybridized carbons (Fsp3) is 0.500. The lowest BCUT2D eigenvalue weighted by Gasteiger charge is -2.27. The third-order valence-electron chi connectivity index (χ3n) is 5.79. The highest BCUT2D eigenvalue weighted by Crippen LogP contribution is 2.22. The zero-order chi connectivity index (χ0) is 19.3. The highest BCUT2D eigenvalue weighted by Gasteiger charge is 2.21. The van der Waals surface area contributed by atoms with Crippen molar-refractivity contribution in [2.45, 2.75) is 32.6 Å². The summed E-state index contributed by atoms with van der Waals surface area (Å²) >= 11 is 0. The first kappa shape index (κ1) is 18.7. The Morgan fingerprint density at radius 2 is 1.68 bits per heavy atom. The molecular weight excluding hydrogens is 350 g/mol. The maximum atomic E-state index is 12.8. The van der Waals surface area contributed by atoms with Crippen molar-refractivity contribution in [3.63, 3.8) is 0 Å². The number of likely N-dealkylation sites (tertiary alicyclic amines) is 1. The molecule has 4 heterocycles. The summed E-state index contributed by atoms with van der Waals surface area (Å²) in [7, 11) is 0. The number of nitrogens with zero attached hydrogens (tertiary/aromatic N) is 5. The summed E-state index contributed by atoms with van der Waals surface area (Å²) in [5.41, 5.74) is 3.24. The lowest BCUT2D eigenvalue weighted by molar-refractivity contribution is 0.0724. The molecule has 0 aromatic carbocycles. The number of carbonyl (C=O) groups is 1. The molecule has 0 N–H and O–H groups in total. The van der Waals surface area contributed by atoms with Gasteiger partial charge < -0.3 is 14.7 Å². The van der Waals surface area contributed by atoms with Crippen molar-refractivity contribution in [1.29, 1.82) is 0 Å². The van der Waals surface area contributed by atoms with Crippen LogP contribution in [0.25, 0.3) is 0 Å². The minimum absolute atomic E-state index is 0.146. The summed E-state index contributed by atoms with van der Waals surface area (Å²) in [4.78, 5) is 28.3. The minimum atomic E-state index is 0.146. The van der Waals surface area contributed by atoms with Crippen LogP contribution in [-0.2, 0) is 0 Å². The van der Waals surface area contributed by atoms with Crippen LogP contribution in [0.4, 0.5) is 11.5 Å². The molecule has 0 radical (unpaired) electrons. The molecule has 2 fully saturated rings. The second-order valence-electron chi connectivity index (χ2n) is 7.75. The van der Waals surface area contributed by atoms with Gasteiger partial charge in [-0.2, -0.15) is 0 Å². The van der Waals surface area contributed by atoms with Gasteiger partial charge in [0.15, 0.2) is 0 Å². The van der Waals surface area contributed by atoms with Crippen molar-refractivity contribution >= 4 is 17.4 Å². The van der Waals surface area contributed by atoms with E-state index in [1.165, 1.54) is 17.7 Å². The van der Waals surface area contributed by atoms with Crippen LogP contribution in [0, 0.1) is 6.92 Å². The first-order valence-electron chi connectivity index (χ1n) is 10.4. The average molecular weight is 380 g/mol. The summed E-state index contributed by atoms with van der Waals surface area (Å²) in [6.07, 6.45) is 10.1. The second kappa shape index (κ2) is 8.59. The first-order valence-corrected chi connectivity index (χ1v) is 10.4. The molecule has 0 atom stereocenters. The number of carbonyl (C=O) groups excluding carboxylic acids is 1. The lowest BCUT2D eigenvalue weighted by Crippen LogP contribution is -2.36. The molecule has 6 nitrogen and oxygen atoms in total. The van der Waals surface area contributed by atoms with Gasteiger partial charge in [0.2, 0.25) is 0 Å². The standard InChI is InChI=1S/C22H29N5O/c1-18-17-23-8-7-20(18)25-12-5-13-26(15-14-25)21-16-19(6-9-24-21)22(28)27-10-3-2-4-11-27/h6-9,16-17H,2-5,10-15H2,1H3. The topological polar surface area (TPSA) is 52.6 Å². The van der Waals surface area contributed by atoms with Crippen LogP contribution in [0.3, 0.4) is 0 Å². The van der Waals surface area contributed by atoms with Crippen LogP contribution in [0.2, 0.25) is 0 Å². The third-order valence-corrected chi connectivity index (χ3v) is 5.79. The largest absolute Gasteiger partial charge is 0.369 e. The average Bonchev–Trinajstić information content (AvgIpc) is 3.00. The van der Waals surface area contributed by atoms with E-state index in [2.05, 4.69) is 32.8 Å². The molecule has 0 spiro atoms. The van der Waals surface area contributed by atoms with Gasteiger partial charge in [0.25, 0.3) is 5.91 Å². The zero-order valence-electron chi connectivity index (χ0n) is 16.7. The van der Waals surface area contributed by atoms with Crippen molar-refractivity contribution in [2.75, 3.05) is 49.1 Å². The smallest absolute Gasteiger partial charge is 0.254 e. The van der Waals surface area contributed by atoms with Gasteiger partial charge in [0.05, 0.1) is 0 Å². The summed E-state index contributed by atoms with van der Waals surface area (Å²) in [6, 6.07) is 5.93. The van der Waals surface area contributed by atoms with Crippen LogP contribution >= 0.6 is 0 Å². The molecule has 148 valence electrons. The number of aryl methyl sites for hydroxylation is 1. The van der Waals surface area contributed by atoms with Crippen molar-refractivity contribution in [3.8, 4) is 0 Å². The number of hydrogen-bond acceptors (Lipinski definition) is 5. The fourth-order valence-corrected chi connectivity index (χ4v) is 4.21. The first-order chi connectivity index (χ1) is 13.7. The van der Waals surface area contributed by atoms with Gasteiger partial charge in [0.1, 0.15) is 5.82 Å². The van der Waals surface area contributed by atoms with Gasteiger partial charge in [-0.3, -0.25) is 9.78 Å². The van der Waals surface area contributed by atoms with Crippen LogP contribution in [0.15, 0.2) is 36.8 Å². The maximum absolute atomic E-state index is 12.8. The second-order valence-corrected chi connectivity index (χ2v) is 7.75. The minimum Gasteiger partial charge on any atom is -0.369 e. The third kappa shape index (κ3) is 4.11. The lowest BCUT2D eigenvalue weighted by atomic mass is 10.1. The van der Waals surface area contributed by atoms with Gasteiger partial charge in [-0.15, -0.1) is 0 Å². The predicted octanol–water partition coefficient (Wildman–Crippen LogP) is 3.13. The molecule has 0 saturated carbocycles. The Morgan fingerprint density at radius 1 is 0.893 bits per heavy atom. The van der Waals surface area contributed by atoms with Crippen molar-refractivity contribution in [3.05, 3.63) is 47.9 Å². The Labute approximate surface area is 167 Å². The normalized spacial score (nSPS) is 18.1. The molecule has 2 aromatic rings. The monoisotopic (exact) mass is 379 g/mol. The van der Waals surface area contributed by atoms with E-state index in [-0.39, 0.29) is 5.91 Å². The number of pyridine rings is 2. The molecule has 6 heteroatoms. The van der Waals surface area contributed by atoms with E-state index >= 15 is 0 Å². The van der Waals surface area contributed by atoms with Crippen molar-refractivity contribution in [2.24, 2.45) is 0 Å². The molecule has 1 amide bonds. The molecule has 0 aliphatic carbocycles. The van der Waals surface area contributed by atoms with E-state index in [1.807, 2.05) is 29.4 Å². The van der Waals surface area contributed by atoms with E-state index in [4.69, 9.17) is 0 Å². The van der Waals surface area contributed by atoms with E-state index < -0.39 is 0 Å². The Bertz CT molecular complexity index is 818. The van der Waals surface area contributed by atoms with E-state index in [0.717, 1.165) is 69.9 Å². The zero-order valence-corrected chi connectivity index (χ0v) is 16.7. The highest BCUT2D eigenvalue weighted by molar-refractivity contribution is 5.94. The van der Waals surface area contributed by atoms with E-state index in [0.29, 0.717) is 0 Å². The molecule has 28 heavy (non-hydrogen) atoms. The quantitative estimate of drug-likeness (QED) is 0.820. The highest BCUT2D eigenvalue weighted by atomic mass is 16.2. The number of amides is 1. The molecule has 0 bridgehead atoms. The Hall–Kier alpha value is -2.63. The molecule has 2 saturated heterocycles. The maximum Gasteiger partial charge on any atom is 0.254 e. The van der Waals surface area contributed by atoms with Gasteiger partial charge in [-0.1, -0.05) is 0 Å². The van der Waals surface area contributed by atoms with Gasteiger partial charge >= 0.3 is 0 Å². The SMILES string of the molecule is Cc1cnccc1N1CCCN(c2cc(C(=O)N3CCCCC3)ccn2)CC1. The predicted molar refractivity (Wildman–Crippen MR) is 112 cm³/mol. The van der Waals surface area contributed by atoms with E-state index in [9.17, 15) is 4.79 Å². The van der Waals surface area contributed by atoms with Crippen LogP contribution in [0.5, 0.6) is 0 Å². The van der Waals surface area contributed by atoms with Gasteiger partial charge in [-0.05, 0) is 56.4 Å². The number of anilines is 2. The van der Waals surface area contributed by atoms with Crippen molar-refractivity contribution < 1.29 is 4.79 Å². The fourth-order valence-electron chi connectivity index (χ4n) is 4.21. The molecule has 0 unspecified atom stereocenters. The Kier molecular flexibility index (Phi) is 5.74. The Morgan fingerprint density at radius 3 is 2.50 bits per heavy atom. The summed E-state index contributed by atoms with van der Waals surface area (Å²) in [6.45, 7) is 7.68. The molecular formula is C22H29N5O. The summed E-state index contributed by atoms with van der Waals surface area (Å²) in [5.74, 6) is 1.06. The molecule has 2 aliphatic rings. The van der Waals surface area contributed by atoms with Crippen LogP contribution in [-0.4, -0.2) is 60.0 Å². The molecule has 4 rings (SSSR count). The van der Waals surface area contributed by atoms with Crippen molar-refractivity contribution in [1.82, 2.24) is 14.9 Å². The van der Waals surface area contributed by atoms with Crippen LogP contribution in [0.1, 0.15) is 41.6 Å². The summed E-state index contributed by atoms with van der Waals surface area (Å²) < 4.78 is 0. The van der Waals surface area contributed by atoms with E-state index in [1.54, 1.807) is 6.20 Å². The summed E-state index contributed by atoms with van der Waals surface area (Å²) in [5, 5.41) is 0. The number of piperidine rings is 1. The molecule has 2 aliphatic heterocycles. The van der Waals surface area contributed by atoms with Gasteiger partial charge in [-0.25, -0.2) is 4.98 Å². The van der Waals surface area contributed by atoms with Gasteiger partial charge in [0, 0.05) is 69.1 Å². The number of hydrogen-bond donors (Lipinski definition) is 0. The molecule has 2 aromatic heterocycles. The Balaban J connectivity index is 1.46. The number of rotatable bonds is 3.